The van der Waals surface area contributed by atoms with Gasteiger partial charge in [-0.2, -0.15) is 5.26 Å². The third kappa shape index (κ3) is 3.71. The van der Waals surface area contributed by atoms with Crippen molar-refractivity contribution in [1.82, 2.24) is 4.98 Å². The molecule has 21 heavy (non-hydrogen) atoms. The normalized spacial score (nSPS) is 9.76. The lowest BCUT2D eigenvalue weighted by Crippen LogP contribution is -2.15. The predicted molar refractivity (Wildman–Crippen MR) is 82.5 cm³/mol. The van der Waals surface area contributed by atoms with Crippen LogP contribution in [0.3, 0.4) is 0 Å². The molecule has 0 saturated heterocycles. The van der Waals surface area contributed by atoms with E-state index in [1.165, 1.54) is 6.07 Å². The van der Waals surface area contributed by atoms with Crippen molar-refractivity contribution in [2.75, 3.05) is 17.2 Å². The van der Waals surface area contributed by atoms with Crippen LogP contribution in [-0.4, -0.2) is 17.4 Å². The highest BCUT2D eigenvalue weighted by Gasteiger charge is 2.10. The lowest BCUT2D eigenvalue weighted by atomic mass is 10.2. The highest BCUT2D eigenvalue weighted by atomic mass is 35.5. The van der Waals surface area contributed by atoms with Gasteiger partial charge in [-0.05, 0) is 37.3 Å². The summed E-state index contributed by atoms with van der Waals surface area (Å²) in [6, 6.07) is 11.8. The number of hydrogen-bond acceptors (Lipinski definition) is 4. The zero-order chi connectivity index (χ0) is 15.2. The molecule has 0 aliphatic carbocycles. The van der Waals surface area contributed by atoms with Gasteiger partial charge in [0.05, 0.1) is 22.3 Å². The van der Waals surface area contributed by atoms with Crippen LogP contribution in [0, 0.1) is 11.3 Å². The highest BCUT2D eigenvalue weighted by Crippen LogP contribution is 2.23. The van der Waals surface area contributed by atoms with Crippen molar-refractivity contribution >= 4 is 29.0 Å². The molecule has 1 heterocycles. The Balaban J connectivity index is 2.18. The van der Waals surface area contributed by atoms with Crippen LogP contribution >= 0.6 is 11.6 Å². The second-order valence-electron chi connectivity index (χ2n) is 4.20. The van der Waals surface area contributed by atoms with Crippen molar-refractivity contribution in [2.45, 2.75) is 6.92 Å². The molecule has 1 amide bonds. The molecule has 2 N–H and O–H groups in total. The van der Waals surface area contributed by atoms with E-state index in [2.05, 4.69) is 15.6 Å². The molecule has 0 saturated carbocycles. The third-order valence-electron chi connectivity index (χ3n) is 2.69. The number of hydrogen-bond donors (Lipinski definition) is 2. The summed E-state index contributed by atoms with van der Waals surface area (Å²) in [5, 5.41) is 14.8. The molecule has 0 aliphatic rings. The van der Waals surface area contributed by atoms with Crippen molar-refractivity contribution in [3.63, 3.8) is 0 Å². The smallest absolute Gasteiger partial charge is 0.274 e. The van der Waals surface area contributed by atoms with E-state index in [1.54, 1.807) is 30.3 Å². The molecule has 2 aromatic rings. The summed E-state index contributed by atoms with van der Waals surface area (Å²) in [7, 11) is 0. The fourth-order valence-corrected chi connectivity index (χ4v) is 1.94. The molecule has 1 aromatic carbocycles. The first kappa shape index (κ1) is 14.8. The largest absolute Gasteiger partial charge is 0.370 e. The number of carbonyl (C=O) groups is 1. The molecule has 6 heteroatoms. The fraction of sp³-hybridized carbons (Fsp3) is 0.133. The number of benzene rings is 1. The van der Waals surface area contributed by atoms with Gasteiger partial charge in [-0.1, -0.05) is 17.7 Å². The molecular weight excluding hydrogens is 288 g/mol. The Bertz CT molecular complexity index is 709. The van der Waals surface area contributed by atoms with Gasteiger partial charge >= 0.3 is 0 Å². The maximum atomic E-state index is 12.2. The number of anilines is 2. The summed E-state index contributed by atoms with van der Waals surface area (Å²) < 4.78 is 0. The first-order valence-corrected chi connectivity index (χ1v) is 6.73. The van der Waals surface area contributed by atoms with Gasteiger partial charge < -0.3 is 10.6 Å². The first-order valence-electron chi connectivity index (χ1n) is 6.36. The van der Waals surface area contributed by atoms with Crippen LogP contribution in [0.4, 0.5) is 11.5 Å². The highest BCUT2D eigenvalue weighted by molar-refractivity contribution is 6.34. The molecule has 1 aromatic heterocycles. The van der Waals surface area contributed by atoms with E-state index >= 15 is 0 Å². The van der Waals surface area contributed by atoms with Crippen LogP contribution < -0.4 is 10.6 Å². The topological polar surface area (TPSA) is 77.8 Å². The lowest BCUT2D eigenvalue weighted by molar-refractivity contribution is 0.102. The van der Waals surface area contributed by atoms with E-state index in [0.29, 0.717) is 22.1 Å². The molecular formula is C15H13ClN4O. The van der Waals surface area contributed by atoms with E-state index < -0.39 is 0 Å². The number of pyridine rings is 1. The number of nitrogens with zero attached hydrogens (tertiary/aromatic N) is 2. The monoisotopic (exact) mass is 300 g/mol. The summed E-state index contributed by atoms with van der Waals surface area (Å²) in [6.07, 6.45) is 0. The van der Waals surface area contributed by atoms with Crippen molar-refractivity contribution in [3.8, 4) is 6.07 Å². The Labute approximate surface area is 127 Å². The van der Waals surface area contributed by atoms with Crippen LogP contribution in [0.1, 0.15) is 23.0 Å². The average molecular weight is 301 g/mol. The summed E-state index contributed by atoms with van der Waals surface area (Å²) >= 11 is 6.02. The van der Waals surface area contributed by atoms with Crippen LogP contribution in [0.25, 0.3) is 0 Å². The predicted octanol–water partition coefficient (Wildman–Crippen LogP) is 3.29. The SMILES string of the molecule is CCNc1cccc(C(=O)Nc2ccc(C#N)cc2Cl)n1. The van der Waals surface area contributed by atoms with Gasteiger partial charge in [0.25, 0.3) is 5.91 Å². The minimum Gasteiger partial charge on any atom is -0.370 e. The van der Waals surface area contributed by atoms with Gasteiger partial charge in [0, 0.05) is 6.54 Å². The number of aromatic nitrogens is 1. The van der Waals surface area contributed by atoms with E-state index in [9.17, 15) is 4.79 Å². The molecule has 0 aliphatic heterocycles. The number of amides is 1. The second-order valence-corrected chi connectivity index (χ2v) is 4.61. The summed E-state index contributed by atoms with van der Waals surface area (Å²) in [5.74, 6) is 0.275. The quantitative estimate of drug-likeness (QED) is 0.908. The van der Waals surface area contributed by atoms with Crippen LogP contribution in [-0.2, 0) is 0 Å². The molecule has 0 fully saturated rings. The van der Waals surface area contributed by atoms with Gasteiger partial charge in [0.15, 0.2) is 0 Å². The van der Waals surface area contributed by atoms with Crippen LogP contribution in [0.5, 0.6) is 0 Å². The number of nitriles is 1. The van der Waals surface area contributed by atoms with Crippen LogP contribution in [0.15, 0.2) is 36.4 Å². The average Bonchev–Trinajstić information content (AvgIpc) is 2.50. The number of rotatable bonds is 4. The third-order valence-corrected chi connectivity index (χ3v) is 3.00. The molecule has 0 radical (unpaired) electrons. The molecule has 5 nitrogen and oxygen atoms in total. The van der Waals surface area contributed by atoms with Gasteiger partial charge in [-0.3, -0.25) is 4.79 Å². The number of nitrogens with one attached hydrogen (secondary N) is 2. The minimum atomic E-state index is -0.360. The Hall–Kier alpha value is -2.58. The lowest BCUT2D eigenvalue weighted by Gasteiger charge is -2.08. The number of carbonyl (C=O) groups excluding carboxylic acids is 1. The maximum Gasteiger partial charge on any atom is 0.274 e. The summed E-state index contributed by atoms with van der Waals surface area (Å²) in [6.45, 7) is 2.67. The van der Waals surface area contributed by atoms with E-state index in [-0.39, 0.29) is 11.6 Å². The van der Waals surface area contributed by atoms with Gasteiger partial charge in [0.1, 0.15) is 11.5 Å². The minimum absolute atomic E-state index is 0.286. The van der Waals surface area contributed by atoms with Gasteiger partial charge in [-0.15, -0.1) is 0 Å². The first-order chi connectivity index (χ1) is 10.1. The summed E-state index contributed by atoms with van der Waals surface area (Å²) in [5.41, 5.74) is 1.16. The van der Waals surface area contributed by atoms with Crippen LogP contribution in [0.2, 0.25) is 5.02 Å². The van der Waals surface area contributed by atoms with Crippen molar-refractivity contribution in [2.24, 2.45) is 0 Å². The molecule has 2 rings (SSSR count). The van der Waals surface area contributed by atoms with Crippen molar-refractivity contribution in [3.05, 3.63) is 52.7 Å². The fourth-order valence-electron chi connectivity index (χ4n) is 1.71. The molecule has 0 bridgehead atoms. The van der Waals surface area contributed by atoms with Gasteiger partial charge in [0.2, 0.25) is 0 Å². The Morgan fingerprint density at radius 3 is 2.86 bits per heavy atom. The second kappa shape index (κ2) is 6.73. The Morgan fingerprint density at radius 2 is 2.19 bits per heavy atom. The zero-order valence-electron chi connectivity index (χ0n) is 11.4. The van der Waals surface area contributed by atoms with E-state index in [1.807, 2.05) is 13.0 Å². The van der Waals surface area contributed by atoms with Gasteiger partial charge in [-0.25, -0.2) is 4.98 Å². The standard InChI is InChI=1S/C15H13ClN4O/c1-2-18-14-5-3-4-13(19-14)15(21)20-12-7-6-10(9-17)8-11(12)16/h3-8H,2H2,1H3,(H,18,19)(H,20,21). The van der Waals surface area contributed by atoms with E-state index in [0.717, 1.165) is 6.54 Å². The summed E-state index contributed by atoms with van der Waals surface area (Å²) in [4.78, 5) is 16.4. The number of halogens is 1. The van der Waals surface area contributed by atoms with Crippen molar-refractivity contribution < 1.29 is 4.79 Å². The van der Waals surface area contributed by atoms with Crippen molar-refractivity contribution in [1.29, 1.82) is 5.26 Å². The van der Waals surface area contributed by atoms with E-state index in [4.69, 9.17) is 16.9 Å². The molecule has 106 valence electrons. The maximum absolute atomic E-state index is 12.2. The Kier molecular flexibility index (Phi) is 4.75. The zero-order valence-corrected chi connectivity index (χ0v) is 12.1. The molecule has 0 spiro atoms. The molecule has 0 atom stereocenters. The Morgan fingerprint density at radius 1 is 1.38 bits per heavy atom. The molecule has 0 unspecified atom stereocenters.